The SMILES string of the molecule is O=C(CSc1ccccn1)N1N=C2/C(=C\c3ccc(Cl)cc3)CCC[C@H]2[C@@H]1c1ccc(Cl)cc1. The number of rotatable bonds is 5. The minimum Gasteiger partial charge on any atom is -0.272 e. The molecule has 3 aromatic rings. The van der Waals surface area contributed by atoms with Gasteiger partial charge in [0.05, 0.1) is 22.5 Å². The molecule has 2 aromatic carbocycles. The first-order valence-electron chi connectivity index (χ1n) is 11.2. The van der Waals surface area contributed by atoms with Crippen LogP contribution in [0.25, 0.3) is 6.08 Å². The molecule has 0 N–H and O–H groups in total. The molecule has 1 amide bonds. The highest BCUT2D eigenvalue weighted by Gasteiger charge is 2.43. The van der Waals surface area contributed by atoms with Crippen LogP contribution in [0.2, 0.25) is 10.0 Å². The fourth-order valence-electron chi connectivity index (χ4n) is 4.59. The van der Waals surface area contributed by atoms with Crippen LogP contribution in [0.1, 0.15) is 36.4 Å². The number of halogens is 2. The molecule has 0 bridgehead atoms. The van der Waals surface area contributed by atoms with Gasteiger partial charge in [-0.3, -0.25) is 4.79 Å². The maximum absolute atomic E-state index is 13.4. The van der Waals surface area contributed by atoms with E-state index in [2.05, 4.69) is 11.1 Å². The van der Waals surface area contributed by atoms with Crippen molar-refractivity contribution >= 4 is 52.7 Å². The van der Waals surface area contributed by atoms with Gasteiger partial charge in [0.1, 0.15) is 0 Å². The largest absolute Gasteiger partial charge is 0.272 e. The van der Waals surface area contributed by atoms with Crippen LogP contribution >= 0.6 is 35.0 Å². The van der Waals surface area contributed by atoms with Crippen molar-refractivity contribution in [3.63, 3.8) is 0 Å². The highest BCUT2D eigenvalue weighted by Crippen LogP contribution is 2.44. The highest BCUT2D eigenvalue weighted by molar-refractivity contribution is 7.99. The van der Waals surface area contributed by atoms with E-state index in [1.165, 1.54) is 17.3 Å². The van der Waals surface area contributed by atoms with Crippen molar-refractivity contribution in [1.82, 2.24) is 9.99 Å². The number of benzene rings is 2. The number of fused-ring (bicyclic) bond motifs is 1. The molecule has 7 heteroatoms. The van der Waals surface area contributed by atoms with E-state index in [4.69, 9.17) is 28.3 Å². The van der Waals surface area contributed by atoms with Gasteiger partial charge < -0.3 is 0 Å². The maximum atomic E-state index is 13.4. The first-order chi connectivity index (χ1) is 16.6. The molecule has 1 aliphatic carbocycles. The molecule has 172 valence electrons. The Morgan fingerprint density at radius 2 is 1.76 bits per heavy atom. The molecule has 5 rings (SSSR count). The Hall–Kier alpha value is -2.60. The Morgan fingerprint density at radius 1 is 1.03 bits per heavy atom. The zero-order valence-electron chi connectivity index (χ0n) is 18.4. The Kier molecular flexibility index (Phi) is 7.05. The summed E-state index contributed by atoms with van der Waals surface area (Å²) in [6, 6.07) is 21.2. The van der Waals surface area contributed by atoms with Crippen molar-refractivity contribution in [2.45, 2.75) is 30.3 Å². The summed E-state index contributed by atoms with van der Waals surface area (Å²) in [6.07, 6.45) is 6.90. The molecule has 1 aromatic heterocycles. The molecular weight excluding hydrogens is 485 g/mol. The van der Waals surface area contributed by atoms with Crippen LogP contribution in [0.4, 0.5) is 0 Å². The molecule has 0 radical (unpaired) electrons. The molecular formula is C27H23Cl2N3OS. The molecule has 2 atom stereocenters. The number of pyridine rings is 1. The minimum atomic E-state index is -0.141. The number of aromatic nitrogens is 1. The normalized spacial score (nSPS) is 20.8. The Bertz CT molecular complexity index is 1230. The van der Waals surface area contributed by atoms with E-state index in [-0.39, 0.29) is 23.6 Å². The molecule has 0 unspecified atom stereocenters. The van der Waals surface area contributed by atoms with Gasteiger partial charge in [0, 0.05) is 22.2 Å². The number of allylic oxidation sites excluding steroid dienone is 1. The highest BCUT2D eigenvalue weighted by atomic mass is 35.5. The van der Waals surface area contributed by atoms with E-state index in [0.29, 0.717) is 10.0 Å². The Balaban J connectivity index is 1.47. The van der Waals surface area contributed by atoms with E-state index in [1.807, 2.05) is 66.7 Å². The average Bonchev–Trinajstić information content (AvgIpc) is 3.26. The second kappa shape index (κ2) is 10.3. The van der Waals surface area contributed by atoms with Crippen LogP contribution in [0.3, 0.4) is 0 Å². The van der Waals surface area contributed by atoms with Crippen LogP contribution in [0.5, 0.6) is 0 Å². The van der Waals surface area contributed by atoms with Crippen molar-refractivity contribution in [2.75, 3.05) is 5.75 Å². The van der Waals surface area contributed by atoms with Gasteiger partial charge in [0.25, 0.3) is 5.91 Å². The number of hydrazone groups is 1. The molecule has 0 saturated heterocycles. The van der Waals surface area contributed by atoms with Gasteiger partial charge >= 0.3 is 0 Å². The van der Waals surface area contributed by atoms with Crippen molar-refractivity contribution < 1.29 is 4.79 Å². The summed E-state index contributed by atoms with van der Waals surface area (Å²) in [5.41, 5.74) is 4.33. The second-order valence-corrected chi connectivity index (χ2v) is 10.3. The molecule has 1 fully saturated rings. The fraction of sp³-hybridized carbons (Fsp3) is 0.222. The van der Waals surface area contributed by atoms with Crippen LogP contribution < -0.4 is 0 Å². The van der Waals surface area contributed by atoms with Gasteiger partial charge in [-0.1, -0.05) is 65.3 Å². The van der Waals surface area contributed by atoms with Gasteiger partial charge in [-0.15, -0.1) is 0 Å². The number of thioether (sulfide) groups is 1. The minimum absolute atomic E-state index is 0.0247. The van der Waals surface area contributed by atoms with Crippen LogP contribution in [0, 0.1) is 5.92 Å². The summed E-state index contributed by atoms with van der Waals surface area (Å²) in [5, 5.41) is 8.85. The molecule has 34 heavy (non-hydrogen) atoms. The summed E-state index contributed by atoms with van der Waals surface area (Å²) >= 11 is 13.7. The van der Waals surface area contributed by atoms with Gasteiger partial charge in [-0.25, -0.2) is 9.99 Å². The smallest absolute Gasteiger partial charge is 0.253 e. The van der Waals surface area contributed by atoms with Crippen LogP contribution in [-0.2, 0) is 4.79 Å². The molecule has 2 heterocycles. The number of nitrogens with zero attached hydrogens (tertiary/aromatic N) is 3. The predicted molar refractivity (Wildman–Crippen MR) is 140 cm³/mol. The molecule has 2 aliphatic rings. The van der Waals surface area contributed by atoms with E-state index >= 15 is 0 Å². The first kappa shape index (κ1) is 23.2. The van der Waals surface area contributed by atoms with E-state index in [0.717, 1.165) is 41.1 Å². The summed E-state index contributed by atoms with van der Waals surface area (Å²) in [6.45, 7) is 0. The molecule has 0 spiro atoms. The van der Waals surface area contributed by atoms with Gasteiger partial charge in [0.2, 0.25) is 0 Å². The monoisotopic (exact) mass is 507 g/mol. The van der Waals surface area contributed by atoms with E-state index in [9.17, 15) is 4.79 Å². The topological polar surface area (TPSA) is 45.6 Å². The van der Waals surface area contributed by atoms with Crippen molar-refractivity contribution in [3.8, 4) is 0 Å². The fourth-order valence-corrected chi connectivity index (χ4v) is 5.56. The third kappa shape index (κ3) is 5.07. The third-order valence-electron chi connectivity index (χ3n) is 6.16. The van der Waals surface area contributed by atoms with E-state index < -0.39 is 0 Å². The van der Waals surface area contributed by atoms with Gasteiger partial charge in [-0.2, -0.15) is 5.10 Å². The first-order valence-corrected chi connectivity index (χ1v) is 13.0. The lowest BCUT2D eigenvalue weighted by atomic mass is 9.77. The number of carbonyl (C=O) groups is 1. The van der Waals surface area contributed by atoms with Crippen molar-refractivity contribution in [2.24, 2.45) is 11.0 Å². The van der Waals surface area contributed by atoms with Crippen molar-refractivity contribution in [1.29, 1.82) is 0 Å². The zero-order chi connectivity index (χ0) is 23.5. The summed E-state index contributed by atoms with van der Waals surface area (Å²) in [5.74, 6) is 0.404. The third-order valence-corrected chi connectivity index (χ3v) is 7.59. The Labute approximate surface area is 213 Å². The summed E-state index contributed by atoms with van der Waals surface area (Å²) < 4.78 is 0. The van der Waals surface area contributed by atoms with Crippen LogP contribution in [0.15, 0.2) is 88.6 Å². The van der Waals surface area contributed by atoms with Crippen molar-refractivity contribution in [3.05, 3.63) is 99.7 Å². The lowest BCUT2D eigenvalue weighted by molar-refractivity contribution is -0.130. The number of amides is 1. The standard InChI is InChI=1S/C27H23Cl2N3OS/c28-21-11-7-18(8-12-21)16-20-4-3-5-23-26(20)31-32(27(23)19-9-13-22(29)14-10-19)25(33)17-34-24-6-1-2-15-30-24/h1-2,6-16,23,27H,3-5,17H2/b20-16-/t23-,27+/m1/s1. The zero-order valence-corrected chi connectivity index (χ0v) is 20.7. The lowest BCUT2D eigenvalue weighted by Crippen LogP contribution is -2.32. The van der Waals surface area contributed by atoms with Gasteiger partial charge in [-0.05, 0) is 78.4 Å². The molecule has 1 aliphatic heterocycles. The second-order valence-electron chi connectivity index (χ2n) is 8.40. The predicted octanol–water partition coefficient (Wildman–Crippen LogP) is 7.30. The quantitative estimate of drug-likeness (QED) is 0.340. The Morgan fingerprint density at radius 3 is 2.47 bits per heavy atom. The lowest BCUT2D eigenvalue weighted by Gasteiger charge is -2.29. The number of hydrogen-bond donors (Lipinski definition) is 0. The number of carbonyl (C=O) groups excluding carboxylic acids is 1. The van der Waals surface area contributed by atoms with Gasteiger partial charge in [0.15, 0.2) is 0 Å². The molecule has 1 saturated carbocycles. The van der Waals surface area contributed by atoms with Crippen LogP contribution in [-0.4, -0.2) is 27.4 Å². The maximum Gasteiger partial charge on any atom is 0.253 e. The summed E-state index contributed by atoms with van der Waals surface area (Å²) in [7, 11) is 0. The van der Waals surface area contributed by atoms with E-state index in [1.54, 1.807) is 11.2 Å². The number of hydrogen-bond acceptors (Lipinski definition) is 4. The molecule has 4 nitrogen and oxygen atoms in total. The average molecular weight is 508 g/mol. The summed E-state index contributed by atoms with van der Waals surface area (Å²) in [4.78, 5) is 17.7.